The average molecular weight is 468 g/mol. The summed E-state index contributed by atoms with van der Waals surface area (Å²) in [4.78, 5) is 0. The van der Waals surface area contributed by atoms with Gasteiger partial charge >= 0.3 is 0 Å². The zero-order chi connectivity index (χ0) is 16.5. The Bertz CT molecular complexity index is 256. The molecule has 0 saturated heterocycles. The molecule has 1 atom stereocenters. The molecule has 8 rings (SSSR count). The molecule has 0 aromatic carbocycles. The Morgan fingerprint density at radius 3 is 1.35 bits per heavy atom. The molecule has 8 saturated carbocycles. The molecular weight excluding hydrogens is 426 g/mol. The van der Waals surface area contributed by atoms with Crippen molar-refractivity contribution in [1.82, 2.24) is 0 Å². The third-order valence-corrected chi connectivity index (χ3v) is 7.84. The molecule has 0 spiro atoms. The first-order chi connectivity index (χ1) is 11.7. The fourth-order valence-corrected chi connectivity index (χ4v) is 7.33. The van der Waals surface area contributed by atoms with Gasteiger partial charge in [-0.05, 0) is 18.3 Å². The van der Waals surface area contributed by atoms with Gasteiger partial charge in [-0.3, -0.25) is 0 Å². The van der Waals surface area contributed by atoms with Crippen LogP contribution >= 0.6 is 9.90 Å². The molecule has 2 heteroatoms. The van der Waals surface area contributed by atoms with Gasteiger partial charge in [-0.2, -0.15) is 47.4 Å². The van der Waals surface area contributed by atoms with Gasteiger partial charge in [0.05, 0.1) is 0 Å². The third-order valence-electron chi connectivity index (χ3n) is 7.84. The first kappa shape index (κ1) is 23.4. The van der Waals surface area contributed by atoms with Crippen LogP contribution < -0.4 is 0 Å². The van der Waals surface area contributed by atoms with Crippen LogP contribution in [0.3, 0.4) is 0 Å². The van der Waals surface area contributed by atoms with Crippen LogP contribution in [0, 0.1) is 60.7 Å². The maximum Gasteiger partial charge on any atom is 0 e. The van der Waals surface area contributed by atoms with Crippen LogP contribution in [0.15, 0.2) is 0 Å². The molecule has 0 aliphatic heterocycles. The molecule has 0 heterocycles. The van der Waals surface area contributed by atoms with Crippen LogP contribution in [-0.4, -0.2) is 0 Å². The van der Waals surface area contributed by atoms with Gasteiger partial charge in [0.15, 0.2) is 0 Å². The van der Waals surface area contributed by atoms with E-state index in [-0.39, 0.29) is 30.3 Å². The molecule has 0 amide bonds. The Labute approximate surface area is 181 Å². The number of hydrogen-bond acceptors (Lipinski definition) is 0. The van der Waals surface area contributed by atoms with Crippen molar-refractivity contribution in [3.8, 4) is 0 Å². The van der Waals surface area contributed by atoms with Crippen molar-refractivity contribution in [3.63, 3.8) is 0 Å². The fraction of sp³-hybridized carbons (Fsp3) is 0.875. The summed E-state index contributed by atoms with van der Waals surface area (Å²) in [5.41, 5.74) is 0. The van der Waals surface area contributed by atoms with E-state index in [4.69, 9.17) is 0 Å². The predicted octanol–water partition coefficient (Wildman–Crippen LogP) is 7.11. The average Bonchev–Trinajstić information content (AvgIpc) is 2.53. The SMILES string of the molecule is C1[C-]2CC3CC1CC(C2)C3.P.[CH-]1C2CC3CC1CC(C2)C3.[CH2-]CCC.[Pd]. The van der Waals surface area contributed by atoms with Crippen LogP contribution in [0.5, 0.6) is 0 Å². The van der Waals surface area contributed by atoms with Crippen LogP contribution in [0.25, 0.3) is 0 Å². The molecule has 8 aliphatic carbocycles. The Kier molecular flexibility index (Phi) is 9.66. The molecule has 0 aromatic heterocycles. The Balaban J connectivity index is 0.000000147. The smallest absolute Gasteiger partial charge is 0 e. The van der Waals surface area contributed by atoms with E-state index in [0.717, 1.165) is 47.8 Å². The molecule has 8 bridgehead atoms. The van der Waals surface area contributed by atoms with E-state index < -0.39 is 0 Å². The summed E-state index contributed by atoms with van der Waals surface area (Å²) in [5.74, 6) is 9.75. The van der Waals surface area contributed by atoms with Gasteiger partial charge in [-0.25, -0.2) is 0 Å². The van der Waals surface area contributed by atoms with Gasteiger partial charge in [0.1, 0.15) is 0 Å². The van der Waals surface area contributed by atoms with Crippen LogP contribution in [0.2, 0.25) is 0 Å². The monoisotopic (exact) mass is 467 g/mol. The van der Waals surface area contributed by atoms with Gasteiger partial charge in [-0.15, -0.1) is 0 Å². The van der Waals surface area contributed by atoms with Crippen molar-refractivity contribution >= 4 is 9.90 Å². The third kappa shape index (κ3) is 5.80. The van der Waals surface area contributed by atoms with Gasteiger partial charge in [-0.1, -0.05) is 76.0 Å². The molecule has 0 N–H and O–H groups in total. The normalized spacial score (nSPS) is 43.4. The quantitative estimate of drug-likeness (QED) is 0.219. The summed E-state index contributed by atoms with van der Waals surface area (Å²) in [6, 6.07) is 0. The second-order valence-corrected chi connectivity index (χ2v) is 10.1. The first-order valence-corrected chi connectivity index (χ1v) is 11.2. The van der Waals surface area contributed by atoms with Crippen LogP contribution in [-0.2, 0) is 20.4 Å². The van der Waals surface area contributed by atoms with E-state index in [9.17, 15) is 0 Å². The predicted molar refractivity (Wildman–Crippen MR) is 114 cm³/mol. The maximum absolute atomic E-state index is 3.60. The second-order valence-electron chi connectivity index (χ2n) is 10.1. The summed E-state index contributed by atoms with van der Waals surface area (Å²) in [7, 11) is 0. The minimum atomic E-state index is 0. The Morgan fingerprint density at radius 2 is 1.08 bits per heavy atom. The minimum Gasteiger partial charge on any atom is -0.343 e. The van der Waals surface area contributed by atoms with Gasteiger partial charge in [0.2, 0.25) is 0 Å². The van der Waals surface area contributed by atoms with Crippen molar-refractivity contribution in [2.75, 3.05) is 0 Å². The Morgan fingerprint density at radius 1 is 0.731 bits per heavy atom. The molecular formula is C24H42PPd-3. The van der Waals surface area contributed by atoms with Crippen molar-refractivity contribution < 1.29 is 20.4 Å². The molecule has 26 heavy (non-hydrogen) atoms. The number of unbranched alkanes of at least 4 members (excludes halogenated alkanes) is 1. The number of hydrogen-bond donors (Lipinski definition) is 0. The molecule has 8 aliphatic rings. The summed E-state index contributed by atoms with van der Waals surface area (Å²) in [6.07, 6.45) is 22.0. The van der Waals surface area contributed by atoms with Gasteiger partial charge in [0.25, 0.3) is 0 Å². The van der Waals surface area contributed by atoms with E-state index in [1.54, 1.807) is 51.4 Å². The largest absolute Gasteiger partial charge is 0.343 e. The van der Waals surface area contributed by atoms with E-state index in [1.807, 2.05) is 5.92 Å². The zero-order valence-corrected chi connectivity index (χ0v) is 20.0. The topological polar surface area (TPSA) is 0 Å². The fourth-order valence-electron chi connectivity index (χ4n) is 7.33. The Hall–Kier alpha value is 1.09. The van der Waals surface area contributed by atoms with Gasteiger partial charge in [0, 0.05) is 20.4 Å². The summed E-state index contributed by atoms with van der Waals surface area (Å²) >= 11 is 0. The number of rotatable bonds is 1. The second kappa shape index (κ2) is 10.8. The molecule has 0 nitrogen and oxygen atoms in total. The molecule has 156 valence electrons. The first-order valence-electron chi connectivity index (χ1n) is 11.2. The summed E-state index contributed by atoms with van der Waals surface area (Å²) < 4.78 is 0. The van der Waals surface area contributed by atoms with Crippen molar-refractivity contribution in [3.05, 3.63) is 19.3 Å². The minimum absolute atomic E-state index is 0. The van der Waals surface area contributed by atoms with Crippen LogP contribution in [0.1, 0.15) is 90.4 Å². The zero-order valence-electron chi connectivity index (χ0n) is 17.0. The standard InChI is InChI=1S/2C10H15.C4H9.H3P.Pd/c2*1-7-2-9-4-8(1)5-10(3-7)6-9;1-3-4-2;;/h7-9H,1-6H2;1,7-10H,2-6H2;1,3-4H2,2H3;1H3;/q3*-1;;. The van der Waals surface area contributed by atoms with Gasteiger partial charge < -0.3 is 19.3 Å². The molecule has 0 radical (unpaired) electrons. The maximum atomic E-state index is 3.60. The summed E-state index contributed by atoms with van der Waals surface area (Å²) in [5, 5.41) is 0. The summed E-state index contributed by atoms with van der Waals surface area (Å²) in [6.45, 7) is 5.72. The van der Waals surface area contributed by atoms with E-state index in [1.165, 1.54) is 25.7 Å². The molecule has 1 unspecified atom stereocenters. The van der Waals surface area contributed by atoms with Crippen molar-refractivity contribution in [2.45, 2.75) is 90.4 Å². The van der Waals surface area contributed by atoms with Crippen LogP contribution in [0.4, 0.5) is 0 Å². The molecule has 0 aromatic rings. The van der Waals surface area contributed by atoms with Crippen molar-refractivity contribution in [1.29, 1.82) is 0 Å². The van der Waals surface area contributed by atoms with E-state index >= 15 is 0 Å². The van der Waals surface area contributed by atoms with E-state index in [2.05, 4.69) is 20.3 Å². The molecule has 8 fully saturated rings. The van der Waals surface area contributed by atoms with E-state index in [0.29, 0.717) is 0 Å². The van der Waals surface area contributed by atoms with Crippen molar-refractivity contribution in [2.24, 2.45) is 41.4 Å².